The van der Waals surface area contributed by atoms with E-state index in [0.717, 1.165) is 12.5 Å². The van der Waals surface area contributed by atoms with Crippen LogP contribution in [0.25, 0.3) is 0 Å². The number of nitrogens with two attached hydrogens (primary N) is 1. The molecule has 0 aliphatic heterocycles. The number of aliphatic hydroxyl groups excluding tert-OH is 1. The first-order valence-electron chi connectivity index (χ1n) is 2.67. The van der Waals surface area contributed by atoms with Gasteiger partial charge < -0.3 is 15.9 Å². The molecule has 0 saturated carbocycles. The number of hydrogen-bond donors (Lipinski definition) is 3. The third-order valence-corrected chi connectivity index (χ3v) is 1.95. The van der Waals surface area contributed by atoms with Gasteiger partial charge in [0.05, 0.1) is 0 Å². The van der Waals surface area contributed by atoms with E-state index in [2.05, 4.69) is 0 Å². The third kappa shape index (κ3) is 6.10. The zero-order valence-electron chi connectivity index (χ0n) is 4.75. The van der Waals surface area contributed by atoms with Crippen molar-refractivity contribution in [3.05, 3.63) is 0 Å². The maximum Gasteiger partial charge on any atom is 0.129 e. The van der Waals surface area contributed by atoms with Gasteiger partial charge in [0.25, 0.3) is 0 Å². The number of rotatable bonds is 4. The molecule has 0 rings (SSSR count). The zero-order chi connectivity index (χ0) is 6.41. The van der Waals surface area contributed by atoms with E-state index in [-0.39, 0.29) is 9.52 Å². The Hall–Kier alpha value is 0.0969. The highest BCUT2D eigenvalue weighted by Gasteiger charge is 1.95. The Bertz CT molecular complexity index is 51.3. The Labute approximate surface area is 51.3 Å². The van der Waals surface area contributed by atoms with E-state index in [4.69, 9.17) is 15.9 Å². The lowest BCUT2D eigenvalue weighted by Crippen LogP contribution is -2.15. The van der Waals surface area contributed by atoms with Crippen LogP contribution in [0.1, 0.15) is 6.42 Å². The van der Waals surface area contributed by atoms with Crippen molar-refractivity contribution in [2.75, 3.05) is 6.54 Å². The van der Waals surface area contributed by atoms with Crippen LogP contribution < -0.4 is 5.73 Å². The van der Waals surface area contributed by atoms with Gasteiger partial charge in [-0.2, -0.15) is 0 Å². The lowest BCUT2D eigenvalue weighted by atomic mass is 10.5. The van der Waals surface area contributed by atoms with Crippen molar-refractivity contribution in [1.82, 2.24) is 0 Å². The van der Waals surface area contributed by atoms with Crippen LogP contribution in [0.2, 0.25) is 6.04 Å². The molecule has 0 unspecified atom stereocenters. The molecule has 0 aromatic carbocycles. The van der Waals surface area contributed by atoms with Gasteiger partial charge in [0.2, 0.25) is 0 Å². The summed E-state index contributed by atoms with van der Waals surface area (Å²) in [4.78, 5) is 0. The zero-order valence-corrected chi connectivity index (χ0v) is 5.90. The first-order valence-corrected chi connectivity index (χ1v) is 4.15. The second-order valence-electron chi connectivity index (χ2n) is 1.58. The van der Waals surface area contributed by atoms with E-state index < -0.39 is 5.91 Å². The van der Waals surface area contributed by atoms with Crippen molar-refractivity contribution in [1.29, 1.82) is 0 Å². The molecule has 49 valence electrons. The highest BCUT2D eigenvalue weighted by atomic mass is 28.2. The van der Waals surface area contributed by atoms with E-state index in [1.54, 1.807) is 0 Å². The first-order chi connectivity index (χ1) is 3.77. The fraction of sp³-hybridized carbons (Fsp3) is 1.00. The van der Waals surface area contributed by atoms with Crippen molar-refractivity contribution < 1.29 is 10.2 Å². The van der Waals surface area contributed by atoms with Crippen LogP contribution in [0.4, 0.5) is 0 Å². The average Bonchev–Trinajstić information content (AvgIpc) is 1.66. The van der Waals surface area contributed by atoms with Crippen LogP contribution in [-0.4, -0.2) is 32.2 Å². The van der Waals surface area contributed by atoms with Gasteiger partial charge in [-0.15, -0.1) is 0 Å². The topological polar surface area (TPSA) is 66.5 Å². The fourth-order valence-electron chi connectivity index (χ4n) is 0.385. The van der Waals surface area contributed by atoms with Crippen molar-refractivity contribution in [3.63, 3.8) is 0 Å². The molecule has 0 heterocycles. The van der Waals surface area contributed by atoms with Crippen LogP contribution >= 0.6 is 0 Å². The monoisotopic (exact) mass is 134 g/mol. The van der Waals surface area contributed by atoms with Crippen molar-refractivity contribution in [2.24, 2.45) is 5.73 Å². The normalized spacial score (nSPS) is 10.5. The van der Waals surface area contributed by atoms with Gasteiger partial charge in [-0.25, -0.2) is 0 Å². The van der Waals surface area contributed by atoms with Gasteiger partial charge in [0.1, 0.15) is 15.4 Å². The van der Waals surface area contributed by atoms with Crippen molar-refractivity contribution in [3.8, 4) is 0 Å². The molecule has 4 heteroatoms. The largest absolute Gasteiger partial charge is 0.372 e. The molecule has 3 nitrogen and oxygen atoms in total. The Morgan fingerprint density at radius 1 is 1.50 bits per heavy atom. The standard InChI is InChI=1S/C4H12NO2Si/c5-2-1-3-8-4(6)7/h4,6-8H,1-3,5H2. The summed E-state index contributed by atoms with van der Waals surface area (Å²) < 4.78 is 0. The van der Waals surface area contributed by atoms with Gasteiger partial charge >= 0.3 is 0 Å². The molecule has 8 heavy (non-hydrogen) atoms. The van der Waals surface area contributed by atoms with Crippen LogP contribution in [0.5, 0.6) is 0 Å². The molecule has 0 aliphatic carbocycles. The Kier molecular flexibility index (Phi) is 5.30. The molecule has 0 spiro atoms. The van der Waals surface area contributed by atoms with E-state index >= 15 is 0 Å². The van der Waals surface area contributed by atoms with E-state index in [9.17, 15) is 0 Å². The summed E-state index contributed by atoms with van der Waals surface area (Å²) in [5.41, 5.74) is 5.16. The van der Waals surface area contributed by atoms with E-state index in [1.807, 2.05) is 0 Å². The Morgan fingerprint density at radius 3 is 2.50 bits per heavy atom. The van der Waals surface area contributed by atoms with Crippen molar-refractivity contribution >= 4 is 9.52 Å². The molecule has 0 atom stereocenters. The molecule has 0 aromatic rings. The minimum Gasteiger partial charge on any atom is -0.372 e. The van der Waals surface area contributed by atoms with Crippen LogP contribution in [0, 0.1) is 0 Å². The number of hydrogen-bond acceptors (Lipinski definition) is 3. The minimum atomic E-state index is -1.07. The third-order valence-electron chi connectivity index (χ3n) is 0.786. The van der Waals surface area contributed by atoms with Crippen LogP contribution in [0.15, 0.2) is 0 Å². The predicted octanol–water partition coefficient (Wildman–Crippen LogP) is -1.54. The predicted molar refractivity (Wildman–Crippen MR) is 33.9 cm³/mol. The quantitative estimate of drug-likeness (QED) is 0.248. The molecule has 0 fully saturated rings. The molecule has 0 saturated heterocycles. The van der Waals surface area contributed by atoms with Gasteiger partial charge in [0.15, 0.2) is 0 Å². The summed E-state index contributed by atoms with van der Waals surface area (Å²) in [6.07, 6.45) is 0.910. The summed E-state index contributed by atoms with van der Waals surface area (Å²) >= 11 is 0. The second-order valence-corrected chi connectivity index (χ2v) is 3.23. The summed E-state index contributed by atoms with van der Waals surface area (Å²) in [6, 6.07) is 0.883. The van der Waals surface area contributed by atoms with E-state index in [1.165, 1.54) is 0 Å². The second kappa shape index (κ2) is 5.24. The molecule has 1 radical (unpaired) electrons. The highest BCUT2D eigenvalue weighted by molar-refractivity contribution is 6.36. The first kappa shape index (κ1) is 8.10. The number of aliphatic hydroxyl groups is 2. The van der Waals surface area contributed by atoms with E-state index in [0.29, 0.717) is 6.54 Å². The smallest absolute Gasteiger partial charge is 0.129 e. The maximum absolute atomic E-state index is 8.33. The fourth-order valence-corrected chi connectivity index (χ4v) is 1.15. The molecule has 4 N–H and O–H groups in total. The summed E-state index contributed by atoms with van der Waals surface area (Å²) in [7, 11) is -0.204. The Morgan fingerprint density at radius 2 is 2.12 bits per heavy atom. The minimum absolute atomic E-state index is 0.204. The Balaban J connectivity index is 2.72. The molecule has 0 amide bonds. The highest BCUT2D eigenvalue weighted by Crippen LogP contribution is 1.86. The lowest BCUT2D eigenvalue weighted by molar-refractivity contribution is 0.0289. The average molecular weight is 134 g/mol. The van der Waals surface area contributed by atoms with Crippen molar-refractivity contribution in [2.45, 2.75) is 18.4 Å². The molecule has 0 aliphatic rings. The summed E-state index contributed by atoms with van der Waals surface area (Å²) in [5.74, 6) is -1.07. The van der Waals surface area contributed by atoms with Gasteiger partial charge in [-0.3, -0.25) is 0 Å². The summed E-state index contributed by atoms with van der Waals surface area (Å²) in [5, 5.41) is 16.7. The SMILES string of the molecule is NCCC[SiH]C(O)O. The van der Waals surface area contributed by atoms with Crippen LogP contribution in [-0.2, 0) is 0 Å². The lowest BCUT2D eigenvalue weighted by Gasteiger charge is -1.98. The van der Waals surface area contributed by atoms with Gasteiger partial charge in [-0.1, -0.05) is 6.04 Å². The van der Waals surface area contributed by atoms with Gasteiger partial charge in [0, 0.05) is 0 Å². The molecular weight excluding hydrogens is 122 g/mol. The van der Waals surface area contributed by atoms with Gasteiger partial charge in [-0.05, 0) is 13.0 Å². The maximum atomic E-state index is 8.33. The molecular formula is C4H12NO2Si. The van der Waals surface area contributed by atoms with Crippen LogP contribution in [0.3, 0.4) is 0 Å². The summed E-state index contributed by atoms with van der Waals surface area (Å²) in [6.45, 7) is 0.653. The molecule has 0 bridgehead atoms. The molecule has 0 aromatic heterocycles.